The van der Waals surface area contributed by atoms with Crippen molar-refractivity contribution < 1.29 is 14.3 Å². The number of halogens is 2. The van der Waals surface area contributed by atoms with Crippen LogP contribution in [0.1, 0.15) is 37.8 Å². The summed E-state index contributed by atoms with van der Waals surface area (Å²) in [6, 6.07) is 12.6. The molecule has 0 aliphatic rings. The normalized spacial score (nSPS) is 12.2. The van der Waals surface area contributed by atoms with Crippen LogP contribution in [-0.2, 0) is 14.3 Å². The van der Waals surface area contributed by atoms with E-state index in [0.717, 1.165) is 5.56 Å². The fourth-order valence-electron chi connectivity index (χ4n) is 2.29. The second kappa shape index (κ2) is 9.58. The highest BCUT2D eigenvalue weighted by Gasteiger charge is 2.17. The number of nitrogens with one attached hydrogen (secondary N) is 1. The lowest BCUT2D eigenvalue weighted by Gasteiger charge is -2.12. The van der Waals surface area contributed by atoms with E-state index in [2.05, 4.69) is 19.2 Å². The summed E-state index contributed by atoms with van der Waals surface area (Å²) in [5.74, 6) is -0.632. The zero-order valence-electron chi connectivity index (χ0n) is 15.3. The van der Waals surface area contributed by atoms with Crippen molar-refractivity contribution in [1.82, 2.24) is 0 Å². The third-order valence-electron chi connectivity index (χ3n) is 3.81. The van der Waals surface area contributed by atoms with Crippen LogP contribution in [0.15, 0.2) is 48.5 Å². The minimum Gasteiger partial charge on any atom is -0.449 e. The van der Waals surface area contributed by atoms with E-state index >= 15 is 0 Å². The summed E-state index contributed by atoms with van der Waals surface area (Å²) < 4.78 is 5.12. The van der Waals surface area contributed by atoms with Crippen LogP contribution in [0.4, 0.5) is 5.69 Å². The molecule has 1 unspecified atom stereocenters. The predicted molar refractivity (Wildman–Crippen MR) is 110 cm³/mol. The number of benzene rings is 2. The molecule has 0 aliphatic carbocycles. The van der Waals surface area contributed by atoms with Gasteiger partial charge in [0.2, 0.25) is 0 Å². The number of anilines is 1. The molecule has 1 atom stereocenters. The van der Waals surface area contributed by atoms with Crippen molar-refractivity contribution in [3.63, 3.8) is 0 Å². The molecule has 0 heterocycles. The van der Waals surface area contributed by atoms with E-state index in [9.17, 15) is 9.59 Å². The third-order valence-corrected chi connectivity index (χ3v) is 4.24. The van der Waals surface area contributed by atoms with Gasteiger partial charge in [-0.25, -0.2) is 4.79 Å². The smallest absolute Gasteiger partial charge is 0.331 e. The first-order chi connectivity index (χ1) is 12.7. The number of hydrogen-bond donors (Lipinski definition) is 1. The minimum absolute atomic E-state index is 0.397. The van der Waals surface area contributed by atoms with Crippen molar-refractivity contribution in [2.75, 3.05) is 5.32 Å². The van der Waals surface area contributed by atoms with E-state index in [1.165, 1.54) is 18.6 Å². The molecule has 0 aliphatic heterocycles. The second-order valence-electron chi connectivity index (χ2n) is 6.38. The summed E-state index contributed by atoms with van der Waals surface area (Å²) in [5.41, 5.74) is 2.53. The molecule has 1 N–H and O–H groups in total. The summed E-state index contributed by atoms with van der Waals surface area (Å²) in [6.07, 6.45) is 1.97. The number of rotatable bonds is 6. The van der Waals surface area contributed by atoms with Gasteiger partial charge >= 0.3 is 5.97 Å². The Labute approximate surface area is 169 Å². The Morgan fingerprint density at radius 3 is 2.15 bits per heavy atom. The van der Waals surface area contributed by atoms with Crippen LogP contribution in [0.5, 0.6) is 0 Å². The Kier molecular flexibility index (Phi) is 7.45. The third kappa shape index (κ3) is 6.74. The van der Waals surface area contributed by atoms with Gasteiger partial charge in [-0.15, -0.1) is 0 Å². The Morgan fingerprint density at radius 2 is 1.59 bits per heavy atom. The number of carbonyl (C=O) groups is 2. The summed E-state index contributed by atoms with van der Waals surface area (Å²) in [5, 5.41) is 3.40. The lowest BCUT2D eigenvalue weighted by Crippen LogP contribution is -2.29. The molecule has 0 aromatic heterocycles. The van der Waals surface area contributed by atoms with Gasteiger partial charge in [0.25, 0.3) is 5.91 Å². The molecule has 6 heteroatoms. The number of amides is 1. The molecule has 142 valence electrons. The van der Waals surface area contributed by atoms with Crippen molar-refractivity contribution in [2.45, 2.75) is 32.8 Å². The van der Waals surface area contributed by atoms with E-state index in [-0.39, 0.29) is 0 Å². The number of ether oxygens (including phenoxy) is 1. The second-order valence-corrected chi connectivity index (χ2v) is 7.25. The van der Waals surface area contributed by atoms with Gasteiger partial charge in [-0.1, -0.05) is 61.3 Å². The van der Waals surface area contributed by atoms with Crippen molar-refractivity contribution in [3.05, 3.63) is 69.7 Å². The maximum absolute atomic E-state index is 12.1. The quantitative estimate of drug-likeness (QED) is 0.495. The summed E-state index contributed by atoms with van der Waals surface area (Å²) in [7, 11) is 0. The van der Waals surface area contributed by atoms with Crippen LogP contribution < -0.4 is 5.32 Å². The highest BCUT2D eigenvalue weighted by molar-refractivity contribution is 6.35. The average Bonchev–Trinajstić information content (AvgIpc) is 2.59. The molecule has 2 aromatic carbocycles. The van der Waals surface area contributed by atoms with Crippen LogP contribution >= 0.6 is 23.2 Å². The zero-order valence-corrected chi connectivity index (χ0v) is 16.8. The molecule has 0 saturated carbocycles. The molecular formula is C21H21Cl2NO3. The Morgan fingerprint density at radius 1 is 1.00 bits per heavy atom. The molecule has 27 heavy (non-hydrogen) atoms. The highest BCUT2D eigenvalue weighted by Crippen LogP contribution is 2.22. The first-order valence-corrected chi connectivity index (χ1v) is 9.26. The molecule has 2 rings (SSSR count). The largest absolute Gasteiger partial charge is 0.449 e. The van der Waals surface area contributed by atoms with Gasteiger partial charge < -0.3 is 10.1 Å². The standard InChI is InChI=1S/C21H21Cl2NO3/c1-13(2)16-7-4-15(5-8-16)6-9-20(25)27-14(3)21(26)24-19-11-17(22)10-18(23)12-19/h4-14H,1-3H3,(H,24,26). The fourth-order valence-corrected chi connectivity index (χ4v) is 2.82. The van der Waals surface area contributed by atoms with Gasteiger partial charge in [0.15, 0.2) is 6.10 Å². The van der Waals surface area contributed by atoms with Crippen molar-refractivity contribution in [2.24, 2.45) is 0 Å². The number of esters is 1. The highest BCUT2D eigenvalue weighted by atomic mass is 35.5. The lowest BCUT2D eigenvalue weighted by atomic mass is 10.0. The summed E-state index contributed by atoms with van der Waals surface area (Å²) in [6.45, 7) is 5.72. The maximum atomic E-state index is 12.1. The fraction of sp³-hybridized carbons (Fsp3) is 0.238. The lowest BCUT2D eigenvalue weighted by molar-refractivity contribution is -0.148. The van der Waals surface area contributed by atoms with Gasteiger partial charge in [-0.05, 0) is 48.2 Å². The van der Waals surface area contributed by atoms with Crippen molar-refractivity contribution in [3.8, 4) is 0 Å². The Bertz CT molecular complexity index is 825. The van der Waals surface area contributed by atoms with Crippen molar-refractivity contribution >= 4 is 46.8 Å². The van der Waals surface area contributed by atoms with Crippen LogP contribution in [0.3, 0.4) is 0 Å². The zero-order chi connectivity index (χ0) is 20.0. The van der Waals surface area contributed by atoms with Crippen LogP contribution in [0.2, 0.25) is 10.0 Å². The van der Waals surface area contributed by atoms with E-state index in [1.54, 1.807) is 24.3 Å². The predicted octanol–water partition coefficient (Wildman–Crippen LogP) is 5.70. The molecular weight excluding hydrogens is 385 g/mol. The number of hydrogen-bond acceptors (Lipinski definition) is 3. The average molecular weight is 406 g/mol. The molecule has 0 radical (unpaired) electrons. The van der Waals surface area contributed by atoms with Crippen LogP contribution in [0.25, 0.3) is 6.08 Å². The molecule has 4 nitrogen and oxygen atoms in total. The molecule has 1 amide bonds. The van der Waals surface area contributed by atoms with Crippen LogP contribution in [-0.4, -0.2) is 18.0 Å². The molecule has 0 spiro atoms. The van der Waals surface area contributed by atoms with E-state index in [1.807, 2.05) is 24.3 Å². The van der Waals surface area contributed by atoms with Gasteiger partial charge in [-0.2, -0.15) is 0 Å². The first-order valence-electron chi connectivity index (χ1n) is 8.50. The Hall–Kier alpha value is -2.30. The van der Waals surface area contributed by atoms with E-state index < -0.39 is 18.0 Å². The van der Waals surface area contributed by atoms with E-state index in [0.29, 0.717) is 21.7 Å². The summed E-state index contributed by atoms with van der Waals surface area (Å²) >= 11 is 11.8. The minimum atomic E-state index is -0.969. The molecule has 0 saturated heterocycles. The first kappa shape index (κ1) is 21.0. The van der Waals surface area contributed by atoms with Gasteiger partial charge in [0.1, 0.15) is 0 Å². The van der Waals surface area contributed by atoms with Gasteiger partial charge in [-0.3, -0.25) is 4.79 Å². The topological polar surface area (TPSA) is 55.4 Å². The SMILES string of the molecule is CC(OC(=O)C=Cc1ccc(C(C)C)cc1)C(=O)Nc1cc(Cl)cc(Cl)c1. The number of carbonyl (C=O) groups excluding carboxylic acids is 2. The molecule has 0 bridgehead atoms. The van der Waals surface area contributed by atoms with Crippen molar-refractivity contribution in [1.29, 1.82) is 0 Å². The van der Waals surface area contributed by atoms with E-state index in [4.69, 9.17) is 27.9 Å². The van der Waals surface area contributed by atoms with Gasteiger partial charge in [0, 0.05) is 21.8 Å². The van der Waals surface area contributed by atoms with Crippen LogP contribution in [0, 0.1) is 0 Å². The molecule has 0 fully saturated rings. The Balaban J connectivity index is 1.91. The molecule has 2 aromatic rings. The monoisotopic (exact) mass is 405 g/mol. The summed E-state index contributed by atoms with van der Waals surface area (Å²) in [4.78, 5) is 24.1. The maximum Gasteiger partial charge on any atom is 0.331 e. The van der Waals surface area contributed by atoms with Gasteiger partial charge in [0.05, 0.1) is 0 Å².